The van der Waals surface area contributed by atoms with Gasteiger partial charge in [0, 0.05) is 0 Å². The van der Waals surface area contributed by atoms with Gasteiger partial charge >= 0.3 is 0 Å². The first kappa shape index (κ1) is 31.8. The van der Waals surface area contributed by atoms with Gasteiger partial charge in [-0.3, -0.25) is 4.57 Å². The smallest absolute Gasteiger partial charge is 0.138 e. The molecule has 2 nitrogen and oxygen atoms in total. The lowest BCUT2D eigenvalue weighted by molar-refractivity contribution is 0.607. The highest BCUT2D eigenvalue weighted by Crippen LogP contribution is 1.23. The third-order valence-corrected chi connectivity index (χ3v) is 0. The summed E-state index contributed by atoms with van der Waals surface area (Å²) in [6, 6.07) is 0. The van der Waals surface area contributed by atoms with Gasteiger partial charge in [-0.2, -0.15) is 0 Å². The summed E-state index contributed by atoms with van der Waals surface area (Å²) >= 11 is 0. The quantitative estimate of drug-likeness (QED) is 0.313. The van der Waals surface area contributed by atoms with Crippen molar-refractivity contribution in [3.05, 3.63) is 0 Å². The van der Waals surface area contributed by atoms with E-state index < -0.39 is 0 Å². The van der Waals surface area contributed by atoms with Crippen molar-refractivity contribution in [1.29, 1.82) is 0 Å². The third-order valence-electron chi connectivity index (χ3n) is 0. The summed E-state index contributed by atoms with van der Waals surface area (Å²) in [4.78, 5) is 0. The van der Waals surface area contributed by atoms with Crippen LogP contribution in [-0.2, 0) is 4.57 Å². The molecule has 0 saturated heterocycles. The summed E-state index contributed by atoms with van der Waals surface area (Å²) in [6.45, 7) is 0. The van der Waals surface area contributed by atoms with Crippen LogP contribution >= 0.6 is 9.12 Å². The molecule has 0 fully saturated rings. The van der Waals surface area contributed by atoms with E-state index in [0.29, 0.717) is 0 Å². The van der Waals surface area contributed by atoms with E-state index in [0.717, 1.165) is 0 Å². The van der Waals surface area contributed by atoms with E-state index in [1.54, 1.807) is 9.12 Å². The maximum Gasteiger partial charge on any atom is 0.138 e. The van der Waals surface area contributed by atoms with Crippen molar-refractivity contribution in [3.63, 3.8) is 0 Å². The second-order valence-electron chi connectivity index (χ2n) is 0. The van der Waals surface area contributed by atoms with E-state index in [2.05, 4.69) is 0 Å². The predicted molar refractivity (Wildman–Crippen MR) is 24.0 cm³/mol. The zero-order chi connectivity index (χ0) is 2.00. The standard InChI is InChI=1S/BH3.H3N.HOP/c;;1-2/h2*1H3;2H. The molecule has 0 aliphatic heterocycles. The van der Waals surface area contributed by atoms with Gasteiger partial charge in [0.2, 0.25) is 0 Å². The van der Waals surface area contributed by atoms with Crippen LogP contribution in [0, 0.1) is 0 Å². The Morgan fingerprint density at radius 2 is 1.25 bits per heavy atom. The third kappa shape index (κ3) is 172. The molecule has 0 heterocycles. The summed E-state index contributed by atoms with van der Waals surface area (Å²) in [5.74, 6) is 0. The van der Waals surface area contributed by atoms with Crippen LogP contribution in [0.25, 0.3) is 0 Å². The van der Waals surface area contributed by atoms with Crippen LogP contribution in [0.4, 0.5) is 0 Å². The summed E-state index contributed by atoms with van der Waals surface area (Å²) < 4.78 is 8.06. The van der Waals surface area contributed by atoms with Gasteiger partial charge in [0.1, 0.15) is 9.12 Å². The highest BCUT2D eigenvalue weighted by molar-refractivity contribution is 7.00. The van der Waals surface area contributed by atoms with E-state index in [1.165, 1.54) is 0 Å². The van der Waals surface area contributed by atoms with Crippen LogP contribution < -0.4 is 6.15 Å². The minimum absolute atomic E-state index is 0. The zero-order valence-corrected chi connectivity index (χ0v) is 2.62. The Hall–Kier alpha value is 0.125. The molecule has 0 aliphatic carbocycles. The maximum atomic E-state index is 8.06. The van der Waals surface area contributed by atoms with Gasteiger partial charge in [-0.25, -0.2) is 0 Å². The second-order valence-corrected chi connectivity index (χ2v) is 0. The molecule has 0 aromatic heterocycles. The zero-order valence-electron chi connectivity index (χ0n) is 1.62. The summed E-state index contributed by atoms with van der Waals surface area (Å²) in [5, 5.41) is 0. The van der Waals surface area contributed by atoms with Crippen molar-refractivity contribution in [2.75, 3.05) is 0 Å². The highest BCUT2D eigenvalue weighted by Gasteiger charge is 0.667. The lowest BCUT2D eigenvalue weighted by Gasteiger charge is -0.807. The highest BCUT2D eigenvalue weighted by atomic mass is 31.0. The van der Waals surface area contributed by atoms with E-state index in [1.807, 2.05) is 0 Å². The molecule has 0 radical (unpaired) electrons. The SMILES string of the molecule is B.N.O=P. The predicted octanol–water partition coefficient (Wildman–Crippen LogP) is -0.547. The van der Waals surface area contributed by atoms with Gasteiger partial charge in [0.05, 0.1) is 8.41 Å². The summed E-state index contributed by atoms with van der Waals surface area (Å²) in [6.07, 6.45) is 0. The fraction of sp³-hybridized carbons (Fsp3) is 0. The van der Waals surface area contributed by atoms with Gasteiger partial charge in [0.25, 0.3) is 0 Å². The van der Waals surface area contributed by atoms with Crippen molar-refractivity contribution < 1.29 is 4.57 Å². The molecule has 0 amide bonds. The molecule has 0 saturated carbocycles. The molecular formula is H7BNOP. The lowest BCUT2D eigenvalue weighted by Crippen LogP contribution is -0.489. The van der Waals surface area contributed by atoms with Crippen molar-refractivity contribution in [2.45, 2.75) is 0 Å². The molecule has 0 aromatic rings. The van der Waals surface area contributed by atoms with Crippen LogP contribution in [0.2, 0.25) is 0 Å². The fourth-order valence-electron chi connectivity index (χ4n) is 0. The van der Waals surface area contributed by atoms with E-state index in [4.69, 9.17) is 4.57 Å². The maximum absolute atomic E-state index is 8.06. The van der Waals surface area contributed by atoms with Crippen molar-refractivity contribution >= 4 is 17.5 Å². The van der Waals surface area contributed by atoms with E-state index in [-0.39, 0.29) is 14.6 Å². The van der Waals surface area contributed by atoms with Crippen molar-refractivity contribution in [1.82, 2.24) is 6.15 Å². The van der Waals surface area contributed by atoms with Gasteiger partial charge in [-0.1, -0.05) is 0 Å². The largest absolute Gasteiger partial charge is 0.344 e. The molecule has 0 aliphatic rings. The Labute approximate surface area is 29.4 Å². The normalized spacial score (nSPS) is 1.00. The van der Waals surface area contributed by atoms with E-state index >= 15 is 0 Å². The first-order valence-electron chi connectivity index (χ1n) is 0.204. The Morgan fingerprint density at radius 3 is 1.25 bits per heavy atom. The summed E-state index contributed by atoms with van der Waals surface area (Å²) in [5.41, 5.74) is 0. The molecule has 0 aromatic carbocycles. The minimum Gasteiger partial charge on any atom is -0.344 e. The molecule has 4 heavy (non-hydrogen) atoms. The first-order chi connectivity index (χ1) is 1.00. The molecule has 26 valence electrons. The summed E-state index contributed by atoms with van der Waals surface area (Å²) in [7, 11) is 1.72. The minimum atomic E-state index is 0. The van der Waals surface area contributed by atoms with Crippen LogP contribution in [-0.4, -0.2) is 8.41 Å². The number of rotatable bonds is 0. The Kier molecular flexibility index (Phi) is 7190. The molecule has 0 rings (SSSR count). The van der Waals surface area contributed by atoms with Crippen LogP contribution in [0.3, 0.4) is 0 Å². The van der Waals surface area contributed by atoms with Crippen LogP contribution in [0.15, 0.2) is 0 Å². The Morgan fingerprint density at radius 1 is 1.25 bits per heavy atom. The molecule has 0 bridgehead atoms. The van der Waals surface area contributed by atoms with Crippen LogP contribution in [0.1, 0.15) is 0 Å². The average Bonchev–Trinajstić information content (AvgIpc) is 1.00. The molecule has 0 spiro atoms. The number of hydrogen-bond donors (Lipinski definition) is 1. The van der Waals surface area contributed by atoms with E-state index in [9.17, 15) is 0 Å². The molecular weight excluding hydrogens is 71.8 g/mol. The van der Waals surface area contributed by atoms with Gasteiger partial charge < -0.3 is 6.15 Å². The van der Waals surface area contributed by atoms with Gasteiger partial charge in [-0.15, -0.1) is 0 Å². The Bertz CT molecular complexity index is 8.00. The molecule has 0 unspecified atom stereocenters. The molecule has 3 N–H and O–H groups in total. The van der Waals surface area contributed by atoms with Gasteiger partial charge in [-0.05, 0) is 0 Å². The average molecular weight is 78.8 g/mol. The monoisotopic (exact) mass is 79.0 g/mol. The lowest BCUT2D eigenvalue weighted by atomic mass is 10.8. The topological polar surface area (TPSA) is 52.1 Å². The second kappa shape index (κ2) is 904. The first-order valence-corrected chi connectivity index (χ1v) is 0.612. The Balaban J connectivity index is -0.00000000500. The van der Waals surface area contributed by atoms with Crippen LogP contribution in [0.5, 0.6) is 0 Å². The number of hydrogen-bond acceptors (Lipinski definition) is 2. The van der Waals surface area contributed by atoms with Crippen molar-refractivity contribution in [2.24, 2.45) is 0 Å². The molecule has 0 atom stereocenters. The van der Waals surface area contributed by atoms with Crippen molar-refractivity contribution in [3.8, 4) is 0 Å². The fourth-order valence-corrected chi connectivity index (χ4v) is 0. The van der Waals surface area contributed by atoms with Gasteiger partial charge in [0.15, 0.2) is 0 Å². The molecule has 4 heteroatoms.